The lowest BCUT2D eigenvalue weighted by Crippen LogP contribution is -2.55. The number of nitrogens with zero attached hydrogens (tertiary/aromatic N) is 2. The third-order valence-electron chi connectivity index (χ3n) is 3.54. The van der Waals surface area contributed by atoms with E-state index in [1.54, 1.807) is 0 Å². The Bertz CT molecular complexity index is 224. The Morgan fingerprint density at radius 1 is 1.43 bits per heavy atom. The van der Waals surface area contributed by atoms with E-state index in [9.17, 15) is 0 Å². The number of fused-ring (bicyclic) bond motifs is 1. The van der Waals surface area contributed by atoms with Crippen LogP contribution in [0.25, 0.3) is 0 Å². The van der Waals surface area contributed by atoms with Crippen molar-refractivity contribution in [2.45, 2.75) is 38.8 Å². The predicted molar refractivity (Wildman–Crippen MR) is 60.4 cm³/mol. The molecule has 80 valence electrons. The van der Waals surface area contributed by atoms with Crippen molar-refractivity contribution in [2.75, 3.05) is 26.2 Å². The van der Waals surface area contributed by atoms with Crippen LogP contribution in [0.5, 0.6) is 0 Å². The highest BCUT2D eigenvalue weighted by atomic mass is 15.3. The third-order valence-corrected chi connectivity index (χ3v) is 3.54. The molecule has 0 aromatic rings. The van der Waals surface area contributed by atoms with Gasteiger partial charge in [-0.2, -0.15) is 0 Å². The molecule has 2 atom stereocenters. The first-order valence-corrected chi connectivity index (χ1v) is 5.79. The molecule has 2 nitrogen and oxygen atoms in total. The van der Waals surface area contributed by atoms with Crippen molar-refractivity contribution in [2.24, 2.45) is 0 Å². The van der Waals surface area contributed by atoms with Crippen LogP contribution in [0.1, 0.15) is 26.7 Å². The van der Waals surface area contributed by atoms with Gasteiger partial charge in [0.15, 0.2) is 0 Å². The van der Waals surface area contributed by atoms with Crippen LogP contribution in [0.4, 0.5) is 0 Å². The highest BCUT2D eigenvalue weighted by Crippen LogP contribution is 2.24. The predicted octanol–water partition coefficient (Wildman–Crippen LogP) is 1.73. The summed E-state index contributed by atoms with van der Waals surface area (Å²) in [6, 6.07) is 1.55. The van der Waals surface area contributed by atoms with Crippen molar-refractivity contribution >= 4 is 0 Å². The molecule has 14 heavy (non-hydrogen) atoms. The lowest BCUT2D eigenvalue weighted by Gasteiger charge is -2.42. The zero-order valence-electron chi connectivity index (χ0n) is 9.50. The smallest absolute Gasteiger partial charge is 0.0224 e. The minimum Gasteiger partial charge on any atom is -0.298 e. The molecule has 2 saturated heterocycles. The third kappa shape index (κ3) is 2.01. The van der Waals surface area contributed by atoms with Gasteiger partial charge in [-0.3, -0.25) is 9.80 Å². The van der Waals surface area contributed by atoms with Crippen molar-refractivity contribution in [3.63, 3.8) is 0 Å². The Morgan fingerprint density at radius 3 is 2.93 bits per heavy atom. The fourth-order valence-corrected chi connectivity index (χ4v) is 2.81. The molecule has 0 aliphatic carbocycles. The molecule has 2 rings (SSSR count). The topological polar surface area (TPSA) is 6.48 Å². The molecule has 0 spiro atoms. The van der Waals surface area contributed by atoms with Crippen LogP contribution in [0.2, 0.25) is 0 Å². The molecule has 2 fully saturated rings. The molecular formula is C12H22N2. The largest absolute Gasteiger partial charge is 0.298 e. The van der Waals surface area contributed by atoms with Crippen molar-refractivity contribution < 1.29 is 0 Å². The Labute approximate surface area is 87.6 Å². The Kier molecular flexibility index (Phi) is 2.93. The van der Waals surface area contributed by atoms with E-state index in [1.165, 1.54) is 38.0 Å². The maximum atomic E-state index is 4.01. The summed E-state index contributed by atoms with van der Waals surface area (Å²) in [7, 11) is 0. The number of hydrogen-bond acceptors (Lipinski definition) is 2. The average Bonchev–Trinajstić information content (AvgIpc) is 2.51. The normalized spacial score (nSPS) is 34.4. The molecule has 2 heterocycles. The van der Waals surface area contributed by atoms with E-state index >= 15 is 0 Å². The van der Waals surface area contributed by atoms with Crippen LogP contribution >= 0.6 is 0 Å². The summed E-state index contributed by atoms with van der Waals surface area (Å²) in [5, 5.41) is 0. The van der Waals surface area contributed by atoms with Crippen LogP contribution < -0.4 is 0 Å². The van der Waals surface area contributed by atoms with Crippen LogP contribution in [0.3, 0.4) is 0 Å². The summed E-state index contributed by atoms with van der Waals surface area (Å²) >= 11 is 0. The fraction of sp³-hybridized carbons (Fsp3) is 0.833. The van der Waals surface area contributed by atoms with Crippen molar-refractivity contribution in [3.8, 4) is 0 Å². The number of rotatable bonds is 2. The quantitative estimate of drug-likeness (QED) is 0.618. The second-order valence-electron chi connectivity index (χ2n) is 5.03. The lowest BCUT2D eigenvalue weighted by atomic mass is 10.1. The molecule has 0 aromatic heterocycles. The standard InChI is InChI=1S/C12H22N2/c1-10(2)7-14-9-12-5-4-6-13(12)8-11(14)3/h11-12H,1,4-9H2,2-3H3. The van der Waals surface area contributed by atoms with Gasteiger partial charge in [0, 0.05) is 31.7 Å². The highest BCUT2D eigenvalue weighted by Gasteiger charge is 2.33. The SMILES string of the molecule is C=C(C)CN1CC2CCCN2CC1C. The van der Waals surface area contributed by atoms with Crippen LogP contribution in [0.15, 0.2) is 12.2 Å². The summed E-state index contributed by atoms with van der Waals surface area (Å²) in [5.41, 5.74) is 1.29. The van der Waals surface area contributed by atoms with Gasteiger partial charge in [0.25, 0.3) is 0 Å². The Morgan fingerprint density at radius 2 is 2.21 bits per heavy atom. The molecule has 2 aliphatic rings. The van der Waals surface area contributed by atoms with E-state index in [0.717, 1.165) is 12.6 Å². The molecule has 0 radical (unpaired) electrons. The second-order valence-corrected chi connectivity index (χ2v) is 5.03. The number of piperazine rings is 1. The maximum absolute atomic E-state index is 4.01. The molecule has 2 unspecified atom stereocenters. The highest BCUT2D eigenvalue weighted by molar-refractivity contribution is 4.98. The van der Waals surface area contributed by atoms with Gasteiger partial charge in [-0.15, -0.1) is 0 Å². The monoisotopic (exact) mass is 194 g/mol. The van der Waals surface area contributed by atoms with Crippen LogP contribution in [-0.4, -0.2) is 48.1 Å². The molecule has 0 bridgehead atoms. The van der Waals surface area contributed by atoms with Crippen molar-refractivity contribution in [1.29, 1.82) is 0 Å². The van der Waals surface area contributed by atoms with Gasteiger partial charge in [0.05, 0.1) is 0 Å². The average molecular weight is 194 g/mol. The van der Waals surface area contributed by atoms with Crippen molar-refractivity contribution in [3.05, 3.63) is 12.2 Å². The summed E-state index contributed by atoms with van der Waals surface area (Å²) in [5.74, 6) is 0. The van der Waals surface area contributed by atoms with Gasteiger partial charge in [-0.25, -0.2) is 0 Å². The zero-order chi connectivity index (χ0) is 10.1. The fourth-order valence-electron chi connectivity index (χ4n) is 2.81. The second kappa shape index (κ2) is 4.03. The Balaban J connectivity index is 1.95. The summed E-state index contributed by atoms with van der Waals surface area (Å²) in [4.78, 5) is 5.26. The Hall–Kier alpha value is -0.340. The molecule has 0 amide bonds. The van der Waals surface area contributed by atoms with E-state index in [-0.39, 0.29) is 0 Å². The molecule has 2 heteroatoms. The van der Waals surface area contributed by atoms with Gasteiger partial charge in [0.2, 0.25) is 0 Å². The maximum Gasteiger partial charge on any atom is 0.0224 e. The van der Waals surface area contributed by atoms with Crippen LogP contribution in [0, 0.1) is 0 Å². The summed E-state index contributed by atoms with van der Waals surface area (Å²) in [6.07, 6.45) is 2.80. The van der Waals surface area contributed by atoms with Crippen LogP contribution in [-0.2, 0) is 0 Å². The summed E-state index contributed by atoms with van der Waals surface area (Å²) < 4.78 is 0. The van der Waals surface area contributed by atoms with Gasteiger partial charge in [-0.05, 0) is 33.2 Å². The van der Waals surface area contributed by atoms with E-state index in [4.69, 9.17) is 0 Å². The molecule has 0 N–H and O–H groups in total. The molecule has 2 aliphatic heterocycles. The lowest BCUT2D eigenvalue weighted by molar-refractivity contribution is 0.0667. The van der Waals surface area contributed by atoms with Gasteiger partial charge in [0.1, 0.15) is 0 Å². The minimum absolute atomic E-state index is 0.709. The zero-order valence-corrected chi connectivity index (χ0v) is 9.50. The van der Waals surface area contributed by atoms with Gasteiger partial charge < -0.3 is 0 Å². The molecular weight excluding hydrogens is 172 g/mol. The molecule has 0 aromatic carbocycles. The first kappa shape index (κ1) is 10.2. The first-order valence-electron chi connectivity index (χ1n) is 5.79. The summed E-state index contributed by atoms with van der Waals surface area (Å²) in [6.45, 7) is 13.4. The minimum atomic E-state index is 0.709. The van der Waals surface area contributed by atoms with Gasteiger partial charge >= 0.3 is 0 Å². The van der Waals surface area contributed by atoms with E-state index < -0.39 is 0 Å². The van der Waals surface area contributed by atoms with E-state index in [1.807, 2.05) is 0 Å². The van der Waals surface area contributed by atoms with Gasteiger partial charge in [-0.1, -0.05) is 12.2 Å². The molecule has 0 saturated carbocycles. The van der Waals surface area contributed by atoms with E-state index in [2.05, 4.69) is 30.2 Å². The van der Waals surface area contributed by atoms with Crippen molar-refractivity contribution in [1.82, 2.24) is 9.80 Å². The number of hydrogen-bond donors (Lipinski definition) is 0. The first-order chi connectivity index (χ1) is 6.66. The van der Waals surface area contributed by atoms with E-state index in [0.29, 0.717) is 6.04 Å².